The summed E-state index contributed by atoms with van der Waals surface area (Å²) in [5.74, 6) is -1.25. The summed E-state index contributed by atoms with van der Waals surface area (Å²) in [6.07, 6.45) is 0.396. The van der Waals surface area contributed by atoms with Crippen molar-refractivity contribution in [1.29, 1.82) is 0 Å². The van der Waals surface area contributed by atoms with Gasteiger partial charge in [-0.05, 0) is 38.5 Å². The van der Waals surface area contributed by atoms with Crippen molar-refractivity contribution in [3.63, 3.8) is 0 Å². The van der Waals surface area contributed by atoms with Crippen molar-refractivity contribution in [2.24, 2.45) is 0 Å². The van der Waals surface area contributed by atoms with E-state index in [-0.39, 0.29) is 24.7 Å². The predicted molar refractivity (Wildman–Crippen MR) is 83.8 cm³/mol. The van der Waals surface area contributed by atoms with Gasteiger partial charge in [-0.15, -0.1) is 0 Å². The highest BCUT2D eigenvalue weighted by Gasteiger charge is 2.13. The first-order chi connectivity index (χ1) is 10.5. The lowest BCUT2D eigenvalue weighted by molar-refractivity contribution is -0.137. The molecule has 2 amide bonds. The van der Waals surface area contributed by atoms with E-state index in [1.807, 2.05) is 13.8 Å². The summed E-state index contributed by atoms with van der Waals surface area (Å²) in [6, 6.07) is 6.76. The molecule has 0 saturated heterocycles. The fraction of sp³-hybridized carbons (Fsp3) is 0.438. The van der Waals surface area contributed by atoms with Gasteiger partial charge in [0.05, 0.1) is 0 Å². The first-order valence-electron chi connectivity index (χ1n) is 7.38. The summed E-state index contributed by atoms with van der Waals surface area (Å²) in [4.78, 5) is 36.1. The van der Waals surface area contributed by atoms with Crippen molar-refractivity contribution in [3.8, 4) is 0 Å². The quantitative estimate of drug-likeness (QED) is 0.772. The molecule has 0 aliphatic heterocycles. The molecule has 0 aromatic heterocycles. The van der Waals surface area contributed by atoms with E-state index in [1.54, 1.807) is 29.2 Å². The molecular formula is C16H22N2O4. The zero-order valence-electron chi connectivity index (χ0n) is 13.0. The molecule has 22 heavy (non-hydrogen) atoms. The number of anilines is 1. The molecular weight excluding hydrogens is 284 g/mol. The van der Waals surface area contributed by atoms with Crippen LogP contribution >= 0.6 is 0 Å². The normalized spacial score (nSPS) is 10.1. The SMILES string of the molecule is CCN(CC)C(=O)c1cccc(NC(=O)CCCC(=O)O)c1. The lowest BCUT2D eigenvalue weighted by Gasteiger charge is -2.19. The molecule has 0 aliphatic carbocycles. The second kappa shape index (κ2) is 8.81. The molecule has 0 saturated carbocycles. The van der Waals surface area contributed by atoms with Crippen molar-refractivity contribution in [1.82, 2.24) is 4.90 Å². The molecule has 0 radical (unpaired) electrons. The Labute approximate surface area is 130 Å². The monoisotopic (exact) mass is 306 g/mol. The smallest absolute Gasteiger partial charge is 0.303 e. The van der Waals surface area contributed by atoms with Crippen LogP contribution in [0, 0.1) is 0 Å². The van der Waals surface area contributed by atoms with E-state index in [0.29, 0.717) is 30.8 Å². The van der Waals surface area contributed by atoms with Gasteiger partial charge in [-0.3, -0.25) is 14.4 Å². The maximum atomic E-state index is 12.2. The number of amides is 2. The van der Waals surface area contributed by atoms with E-state index >= 15 is 0 Å². The average Bonchev–Trinajstić information content (AvgIpc) is 2.48. The number of carbonyl (C=O) groups is 3. The van der Waals surface area contributed by atoms with Gasteiger partial charge in [-0.25, -0.2) is 0 Å². The molecule has 0 atom stereocenters. The van der Waals surface area contributed by atoms with Crippen molar-refractivity contribution in [2.45, 2.75) is 33.1 Å². The molecule has 1 rings (SSSR count). The van der Waals surface area contributed by atoms with E-state index in [4.69, 9.17) is 5.11 Å². The van der Waals surface area contributed by atoms with Gasteiger partial charge in [0, 0.05) is 37.2 Å². The number of hydrogen-bond donors (Lipinski definition) is 2. The number of nitrogens with zero attached hydrogens (tertiary/aromatic N) is 1. The molecule has 0 spiro atoms. The van der Waals surface area contributed by atoms with Gasteiger partial charge in [0.2, 0.25) is 5.91 Å². The summed E-state index contributed by atoms with van der Waals surface area (Å²) < 4.78 is 0. The Hall–Kier alpha value is -2.37. The van der Waals surface area contributed by atoms with Gasteiger partial charge < -0.3 is 15.3 Å². The summed E-state index contributed by atoms with van der Waals surface area (Å²) >= 11 is 0. The lowest BCUT2D eigenvalue weighted by Crippen LogP contribution is -2.30. The van der Waals surface area contributed by atoms with Crippen molar-refractivity contribution >= 4 is 23.5 Å². The molecule has 0 bridgehead atoms. The average molecular weight is 306 g/mol. The lowest BCUT2D eigenvalue weighted by atomic mass is 10.1. The van der Waals surface area contributed by atoms with Crippen LogP contribution in [-0.2, 0) is 9.59 Å². The summed E-state index contributed by atoms with van der Waals surface area (Å²) in [7, 11) is 0. The van der Waals surface area contributed by atoms with Gasteiger partial charge in [0.1, 0.15) is 0 Å². The van der Waals surface area contributed by atoms with Crippen molar-refractivity contribution in [3.05, 3.63) is 29.8 Å². The van der Waals surface area contributed by atoms with Crippen LogP contribution in [0.5, 0.6) is 0 Å². The number of carboxylic acid groups (broad SMARTS) is 1. The van der Waals surface area contributed by atoms with E-state index in [2.05, 4.69) is 5.32 Å². The van der Waals surface area contributed by atoms with Crippen LogP contribution in [0.15, 0.2) is 24.3 Å². The van der Waals surface area contributed by atoms with Crippen LogP contribution < -0.4 is 5.32 Å². The largest absolute Gasteiger partial charge is 0.481 e. The van der Waals surface area contributed by atoms with Crippen LogP contribution in [0.1, 0.15) is 43.5 Å². The molecule has 120 valence electrons. The Bertz CT molecular complexity index is 539. The van der Waals surface area contributed by atoms with Crippen LogP contribution in [0.2, 0.25) is 0 Å². The highest BCUT2D eigenvalue weighted by molar-refractivity contribution is 5.97. The number of hydrogen-bond acceptors (Lipinski definition) is 3. The predicted octanol–water partition coefficient (Wildman–Crippen LogP) is 2.36. The number of carbonyl (C=O) groups excluding carboxylic acids is 2. The minimum absolute atomic E-state index is 0.0338. The Kier molecular flexibility index (Phi) is 7.08. The molecule has 0 unspecified atom stereocenters. The molecule has 2 N–H and O–H groups in total. The first kappa shape index (κ1) is 17.7. The summed E-state index contributed by atoms with van der Waals surface area (Å²) in [5.41, 5.74) is 1.06. The molecule has 0 fully saturated rings. The molecule has 6 heteroatoms. The molecule has 1 aromatic carbocycles. The van der Waals surface area contributed by atoms with Crippen LogP contribution in [0.25, 0.3) is 0 Å². The molecule has 0 heterocycles. The maximum absolute atomic E-state index is 12.2. The van der Waals surface area contributed by atoms with E-state index in [9.17, 15) is 14.4 Å². The zero-order chi connectivity index (χ0) is 16.5. The van der Waals surface area contributed by atoms with Gasteiger partial charge in [-0.2, -0.15) is 0 Å². The minimum atomic E-state index is -0.917. The Morgan fingerprint density at radius 2 is 1.82 bits per heavy atom. The second-order valence-corrected chi connectivity index (χ2v) is 4.85. The number of rotatable bonds is 8. The zero-order valence-corrected chi connectivity index (χ0v) is 13.0. The standard InChI is InChI=1S/C16H22N2O4/c1-3-18(4-2)16(22)12-7-5-8-13(11-12)17-14(19)9-6-10-15(20)21/h5,7-8,11H,3-4,6,9-10H2,1-2H3,(H,17,19)(H,20,21). The third-order valence-electron chi connectivity index (χ3n) is 3.24. The number of benzene rings is 1. The van der Waals surface area contributed by atoms with Crippen LogP contribution in [0.4, 0.5) is 5.69 Å². The maximum Gasteiger partial charge on any atom is 0.303 e. The van der Waals surface area contributed by atoms with E-state index in [0.717, 1.165) is 0 Å². The molecule has 0 aliphatic rings. The molecule has 1 aromatic rings. The Morgan fingerprint density at radius 1 is 1.14 bits per heavy atom. The highest BCUT2D eigenvalue weighted by Crippen LogP contribution is 2.13. The number of nitrogens with one attached hydrogen (secondary N) is 1. The van der Waals surface area contributed by atoms with E-state index in [1.165, 1.54) is 0 Å². The van der Waals surface area contributed by atoms with Crippen LogP contribution in [-0.4, -0.2) is 40.9 Å². The van der Waals surface area contributed by atoms with Gasteiger partial charge in [0.15, 0.2) is 0 Å². The number of carboxylic acids is 1. The van der Waals surface area contributed by atoms with E-state index < -0.39 is 5.97 Å². The molecule has 6 nitrogen and oxygen atoms in total. The van der Waals surface area contributed by atoms with Crippen LogP contribution in [0.3, 0.4) is 0 Å². The third kappa shape index (κ3) is 5.55. The summed E-state index contributed by atoms with van der Waals surface area (Å²) in [6.45, 7) is 5.08. The Morgan fingerprint density at radius 3 is 2.41 bits per heavy atom. The third-order valence-corrected chi connectivity index (χ3v) is 3.24. The van der Waals surface area contributed by atoms with Gasteiger partial charge in [-0.1, -0.05) is 6.07 Å². The summed E-state index contributed by atoms with van der Waals surface area (Å²) in [5, 5.41) is 11.2. The first-order valence-corrected chi connectivity index (χ1v) is 7.38. The second-order valence-electron chi connectivity index (χ2n) is 4.85. The van der Waals surface area contributed by atoms with Gasteiger partial charge in [0.25, 0.3) is 5.91 Å². The van der Waals surface area contributed by atoms with Crippen molar-refractivity contribution in [2.75, 3.05) is 18.4 Å². The highest BCUT2D eigenvalue weighted by atomic mass is 16.4. The fourth-order valence-electron chi connectivity index (χ4n) is 2.05. The van der Waals surface area contributed by atoms with Gasteiger partial charge >= 0.3 is 5.97 Å². The fourth-order valence-corrected chi connectivity index (χ4v) is 2.05. The number of aliphatic carboxylic acids is 1. The van der Waals surface area contributed by atoms with Crippen molar-refractivity contribution < 1.29 is 19.5 Å². The Balaban J connectivity index is 2.66. The topological polar surface area (TPSA) is 86.7 Å². The minimum Gasteiger partial charge on any atom is -0.481 e.